The molecule has 27 heavy (non-hydrogen) atoms. The number of aromatic amines is 1. The van der Waals surface area contributed by atoms with Crippen LogP contribution in [0.15, 0.2) is 48.5 Å². The Hall–Kier alpha value is -2.93. The first-order chi connectivity index (χ1) is 13.2. The zero-order valence-corrected chi connectivity index (χ0v) is 15.8. The molecular formula is C20H19N3O3S. The van der Waals surface area contributed by atoms with E-state index in [-0.39, 0.29) is 11.2 Å². The molecule has 1 amide bonds. The van der Waals surface area contributed by atoms with Gasteiger partial charge < -0.3 is 14.8 Å². The third-order valence-electron chi connectivity index (χ3n) is 4.48. The van der Waals surface area contributed by atoms with E-state index in [1.807, 2.05) is 48.5 Å². The first-order valence-corrected chi connectivity index (χ1v) is 9.53. The molecule has 2 heterocycles. The van der Waals surface area contributed by atoms with Crippen LogP contribution in [0.4, 0.5) is 5.82 Å². The number of amides is 1. The van der Waals surface area contributed by atoms with Crippen molar-refractivity contribution in [3.8, 4) is 22.8 Å². The Balaban J connectivity index is 1.86. The van der Waals surface area contributed by atoms with Gasteiger partial charge in [-0.2, -0.15) is 5.10 Å². The Morgan fingerprint density at radius 2 is 1.85 bits per heavy atom. The van der Waals surface area contributed by atoms with Gasteiger partial charge in [-0.3, -0.25) is 9.89 Å². The summed E-state index contributed by atoms with van der Waals surface area (Å²) in [5, 5.41) is 10.3. The summed E-state index contributed by atoms with van der Waals surface area (Å²) in [6, 6.07) is 15.8. The maximum absolute atomic E-state index is 12.2. The second-order valence-electron chi connectivity index (χ2n) is 6.08. The van der Waals surface area contributed by atoms with Crippen LogP contribution in [0.25, 0.3) is 11.3 Å². The number of methoxy groups -OCH3 is 2. The highest BCUT2D eigenvalue weighted by atomic mass is 32.2. The number of nitrogens with zero attached hydrogens (tertiary/aromatic N) is 1. The van der Waals surface area contributed by atoms with Crippen LogP contribution in [0.5, 0.6) is 11.5 Å². The Morgan fingerprint density at radius 3 is 2.59 bits per heavy atom. The lowest BCUT2D eigenvalue weighted by Gasteiger charge is -2.18. The largest absolute Gasteiger partial charge is 0.493 e. The fraction of sp³-hybridized carbons (Fsp3) is 0.200. The van der Waals surface area contributed by atoms with Gasteiger partial charge in [0.25, 0.3) is 0 Å². The molecule has 0 fully saturated rings. The molecular weight excluding hydrogens is 362 g/mol. The van der Waals surface area contributed by atoms with E-state index in [4.69, 9.17) is 9.47 Å². The lowest BCUT2D eigenvalue weighted by molar-refractivity contribution is -0.113. The highest BCUT2D eigenvalue weighted by Gasteiger charge is 2.30. The number of carbonyl (C=O) groups is 1. The SMILES string of the molecule is COc1ccc(C2SCC(=O)Nc3n[nH]c(-c4ccccc4)c32)cc1OC. The van der Waals surface area contributed by atoms with E-state index in [9.17, 15) is 4.79 Å². The molecule has 1 atom stereocenters. The molecule has 1 aliphatic rings. The first kappa shape index (κ1) is 17.5. The number of carbonyl (C=O) groups excluding carboxylic acids is 1. The van der Waals surface area contributed by atoms with Crippen LogP contribution < -0.4 is 14.8 Å². The van der Waals surface area contributed by atoms with Crippen molar-refractivity contribution >= 4 is 23.5 Å². The molecule has 0 radical (unpaired) electrons. The topological polar surface area (TPSA) is 76.2 Å². The van der Waals surface area contributed by atoms with Gasteiger partial charge in [-0.05, 0) is 23.3 Å². The molecule has 0 saturated carbocycles. The lowest BCUT2D eigenvalue weighted by atomic mass is 9.99. The molecule has 0 aliphatic carbocycles. The van der Waals surface area contributed by atoms with Crippen LogP contribution in [0.2, 0.25) is 0 Å². The number of aromatic nitrogens is 2. The fourth-order valence-electron chi connectivity index (χ4n) is 3.22. The number of thioether (sulfide) groups is 1. The highest BCUT2D eigenvalue weighted by molar-refractivity contribution is 8.00. The lowest BCUT2D eigenvalue weighted by Crippen LogP contribution is -2.12. The number of ether oxygens (including phenoxy) is 2. The number of H-pyrrole nitrogens is 1. The van der Waals surface area contributed by atoms with Gasteiger partial charge in [0.05, 0.1) is 30.9 Å². The van der Waals surface area contributed by atoms with Crippen LogP contribution in [-0.4, -0.2) is 36.1 Å². The van der Waals surface area contributed by atoms with Crippen molar-refractivity contribution in [3.05, 3.63) is 59.7 Å². The average molecular weight is 381 g/mol. The normalized spacial score (nSPS) is 16.2. The minimum absolute atomic E-state index is 0.0599. The number of hydrogen-bond acceptors (Lipinski definition) is 5. The summed E-state index contributed by atoms with van der Waals surface area (Å²) >= 11 is 1.57. The van der Waals surface area contributed by atoms with Crippen molar-refractivity contribution in [1.29, 1.82) is 0 Å². The van der Waals surface area contributed by atoms with Crippen LogP contribution in [-0.2, 0) is 4.79 Å². The fourth-order valence-corrected chi connectivity index (χ4v) is 4.34. The summed E-state index contributed by atoms with van der Waals surface area (Å²) < 4.78 is 10.8. The van der Waals surface area contributed by atoms with E-state index in [2.05, 4.69) is 15.5 Å². The van der Waals surface area contributed by atoms with Crippen molar-refractivity contribution in [2.45, 2.75) is 5.25 Å². The number of anilines is 1. The molecule has 0 saturated heterocycles. The van der Waals surface area contributed by atoms with Crippen molar-refractivity contribution in [2.24, 2.45) is 0 Å². The maximum atomic E-state index is 12.2. The van der Waals surface area contributed by atoms with E-state index in [1.165, 1.54) is 0 Å². The Bertz CT molecular complexity index is 972. The molecule has 1 aromatic heterocycles. The third-order valence-corrected chi connectivity index (χ3v) is 5.75. The molecule has 0 spiro atoms. The number of rotatable bonds is 4. The molecule has 3 aromatic rings. The second-order valence-corrected chi connectivity index (χ2v) is 7.17. The zero-order valence-electron chi connectivity index (χ0n) is 15.0. The second kappa shape index (κ2) is 7.36. The molecule has 4 rings (SSSR count). The van der Waals surface area contributed by atoms with E-state index in [0.717, 1.165) is 22.4 Å². The third kappa shape index (κ3) is 3.26. The van der Waals surface area contributed by atoms with Crippen LogP contribution >= 0.6 is 11.8 Å². The Kier molecular flexibility index (Phi) is 4.77. The number of nitrogens with one attached hydrogen (secondary N) is 2. The van der Waals surface area contributed by atoms with E-state index >= 15 is 0 Å². The predicted octanol–water partition coefficient (Wildman–Crippen LogP) is 3.87. The van der Waals surface area contributed by atoms with Gasteiger partial charge in [0.15, 0.2) is 17.3 Å². The summed E-state index contributed by atoms with van der Waals surface area (Å²) in [5.41, 5.74) is 3.91. The molecule has 1 aliphatic heterocycles. The summed E-state index contributed by atoms with van der Waals surface area (Å²) in [4.78, 5) is 12.2. The first-order valence-electron chi connectivity index (χ1n) is 8.48. The standard InChI is InChI=1S/C20H19N3O3S/c1-25-14-9-8-13(10-15(14)26-2)19-17-18(12-6-4-3-5-7-12)22-23-20(17)21-16(24)11-27-19/h3-10,19H,11H2,1-2H3,(H2,21,22,23,24). The monoisotopic (exact) mass is 381 g/mol. The van der Waals surface area contributed by atoms with Crippen molar-refractivity contribution in [2.75, 3.05) is 25.3 Å². The van der Waals surface area contributed by atoms with Crippen LogP contribution in [0.1, 0.15) is 16.4 Å². The van der Waals surface area contributed by atoms with Gasteiger partial charge in [0.2, 0.25) is 5.91 Å². The Labute approximate surface area is 161 Å². The highest BCUT2D eigenvalue weighted by Crippen LogP contribution is 2.46. The quantitative estimate of drug-likeness (QED) is 0.717. The average Bonchev–Trinajstić information content (AvgIpc) is 3.04. The van der Waals surface area contributed by atoms with Gasteiger partial charge in [-0.25, -0.2) is 0 Å². The van der Waals surface area contributed by atoms with Crippen molar-refractivity contribution < 1.29 is 14.3 Å². The van der Waals surface area contributed by atoms with Gasteiger partial charge in [0.1, 0.15) is 0 Å². The van der Waals surface area contributed by atoms with Gasteiger partial charge in [-0.1, -0.05) is 36.4 Å². The Morgan fingerprint density at radius 1 is 1.07 bits per heavy atom. The van der Waals surface area contributed by atoms with Gasteiger partial charge in [-0.15, -0.1) is 11.8 Å². The summed E-state index contributed by atoms with van der Waals surface area (Å²) in [6.07, 6.45) is 0. The van der Waals surface area contributed by atoms with Crippen LogP contribution in [0.3, 0.4) is 0 Å². The molecule has 0 bridgehead atoms. The minimum Gasteiger partial charge on any atom is -0.493 e. The molecule has 1 unspecified atom stereocenters. The molecule has 6 nitrogen and oxygen atoms in total. The van der Waals surface area contributed by atoms with Crippen molar-refractivity contribution in [3.63, 3.8) is 0 Å². The van der Waals surface area contributed by atoms with E-state index in [1.54, 1.807) is 26.0 Å². The minimum atomic E-state index is -0.0762. The molecule has 7 heteroatoms. The van der Waals surface area contributed by atoms with Gasteiger partial charge in [0, 0.05) is 5.56 Å². The van der Waals surface area contributed by atoms with Gasteiger partial charge >= 0.3 is 0 Å². The van der Waals surface area contributed by atoms with Crippen molar-refractivity contribution in [1.82, 2.24) is 10.2 Å². The molecule has 2 aromatic carbocycles. The summed E-state index contributed by atoms with van der Waals surface area (Å²) in [6.45, 7) is 0. The molecule has 2 N–H and O–H groups in total. The van der Waals surface area contributed by atoms with Crippen LogP contribution in [0, 0.1) is 0 Å². The van der Waals surface area contributed by atoms with E-state index in [0.29, 0.717) is 23.1 Å². The summed E-state index contributed by atoms with van der Waals surface area (Å²) in [5.74, 6) is 2.19. The van der Waals surface area contributed by atoms with E-state index < -0.39 is 0 Å². The zero-order chi connectivity index (χ0) is 18.8. The molecule has 138 valence electrons. The predicted molar refractivity (Wildman–Crippen MR) is 107 cm³/mol. The maximum Gasteiger partial charge on any atom is 0.235 e. The number of hydrogen-bond donors (Lipinski definition) is 2. The number of benzene rings is 2. The number of fused-ring (bicyclic) bond motifs is 1. The summed E-state index contributed by atoms with van der Waals surface area (Å²) in [7, 11) is 3.23. The smallest absolute Gasteiger partial charge is 0.235 e.